The lowest BCUT2D eigenvalue weighted by atomic mass is 9.93. The van der Waals surface area contributed by atoms with E-state index in [2.05, 4.69) is 13.0 Å². The molecule has 0 amide bonds. The van der Waals surface area contributed by atoms with Crippen LogP contribution in [0.5, 0.6) is 0 Å². The Balaban J connectivity index is 1.37. The van der Waals surface area contributed by atoms with Gasteiger partial charge in [-0.2, -0.15) is 0 Å². The highest BCUT2D eigenvalue weighted by Crippen LogP contribution is 2.32. The molecule has 0 spiro atoms. The van der Waals surface area contributed by atoms with Crippen molar-refractivity contribution in [3.63, 3.8) is 0 Å². The second-order valence-corrected chi connectivity index (χ2v) is 12.3. The highest BCUT2D eigenvalue weighted by Gasteiger charge is 2.21. The summed E-state index contributed by atoms with van der Waals surface area (Å²) in [5.74, 6) is 0.725. The maximum atomic E-state index is 14.9. The monoisotopic (exact) mass is 449 g/mol. The van der Waals surface area contributed by atoms with E-state index in [-0.39, 0.29) is 14.6 Å². The third-order valence-electron chi connectivity index (χ3n) is 6.66. The fourth-order valence-electron chi connectivity index (χ4n) is 4.78. The molecule has 161 valence electrons. The van der Waals surface area contributed by atoms with Crippen LogP contribution in [0.4, 0.5) is 4.39 Å². The molecule has 1 aliphatic rings. The van der Waals surface area contributed by atoms with Gasteiger partial charge in [-0.1, -0.05) is 104 Å². The van der Waals surface area contributed by atoms with E-state index in [0.29, 0.717) is 5.56 Å². The summed E-state index contributed by atoms with van der Waals surface area (Å²) in [4.78, 5) is 0. The molecule has 0 N–H and O–H groups in total. The van der Waals surface area contributed by atoms with Crippen LogP contribution in [0.15, 0.2) is 66.7 Å². The average molecular weight is 450 g/mol. The Morgan fingerprint density at radius 1 is 0.871 bits per heavy atom. The Morgan fingerprint density at radius 2 is 1.48 bits per heavy atom. The molecule has 1 aliphatic heterocycles. The van der Waals surface area contributed by atoms with Crippen molar-refractivity contribution >= 4 is 20.4 Å². The van der Waals surface area contributed by atoms with Gasteiger partial charge >= 0.3 is 0 Å². The first-order chi connectivity index (χ1) is 15.1. The number of benzene rings is 3. The first-order valence-corrected chi connectivity index (χ1v) is 14.1. The van der Waals surface area contributed by atoms with Gasteiger partial charge < -0.3 is 0 Å². The van der Waals surface area contributed by atoms with Crippen LogP contribution in [-0.4, -0.2) is 8.80 Å². The van der Waals surface area contributed by atoms with Gasteiger partial charge in [0.1, 0.15) is 5.82 Å². The fourth-order valence-corrected chi connectivity index (χ4v) is 8.00. The number of rotatable bonds is 7. The summed E-state index contributed by atoms with van der Waals surface area (Å²) >= 11 is 5.98. The molecule has 0 bridgehead atoms. The third kappa shape index (κ3) is 5.87. The normalized spacial score (nSPS) is 15.3. The zero-order chi connectivity index (χ0) is 21.6. The van der Waals surface area contributed by atoms with Crippen LogP contribution in [0, 0.1) is 11.7 Å². The Labute approximate surface area is 193 Å². The van der Waals surface area contributed by atoms with Crippen molar-refractivity contribution in [3.8, 4) is 22.3 Å². The molecule has 0 aromatic heterocycles. The van der Waals surface area contributed by atoms with Crippen molar-refractivity contribution in [3.05, 3.63) is 83.1 Å². The van der Waals surface area contributed by atoms with Gasteiger partial charge in [-0.3, -0.25) is 0 Å². The van der Waals surface area contributed by atoms with Gasteiger partial charge in [-0.15, -0.1) is 0 Å². The number of halogens is 2. The zero-order valence-corrected chi connectivity index (χ0v) is 20.1. The lowest BCUT2D eigenvalue weighted by Gasteiger charge is -2.27. The molecule has 0 atom stereocenters. The van der Waals surface area contributed by atoms with Crippen LogP contribution in [0.25, 0.3) is 22.3 Å². The van der Waals surface area contributed by atoms with Crippen LogP contribution in [0.2, 0.25) is 23.2 Å². The smallest absolute Gasteiger partial charge is 0.131 e. The van der Waals surface area contributed by atoms with Gasteiger partial charge in [0.25, 0.3) is 0 Å². The topological polar surface area (TPSA) is 0 Å². The lowest BCUT2D eigenvalue weighted by molar-refractivity contribution is 0.437. The predicted molar refractivity (Wildman–Crippen MR) is 134 cm³/mol. The summed E-state index contributed by atoms with van der Waals surface area (Å²) in [6.45, 7) is 2.32. The van der Waals surface area contributed by atoms with Crippen LogP contribution < -0.4 is 0 Å². The maximum absolute atomic E-state index is 14.9. The molecule has 0 saturated carbocycles. The van der Waals surface area contributed by atoms with Gasteiger partial charge in [0.05, 0.1) is 0 Å². The molecule has 3 aromatic carbocycles. The number of hydrogen-bond donors (Lipinski definition) is 0. The minimum Gasteiger partial charge on any atom is -0.206 e. The van der Waals surface area contributed by atoms with Crippen molar-refractivity contribution in [2.45, 2.75) is 57.2 Å². The molecule has 1 radical (unpaired) electrons. The van der Waals surface area contributed by atoms with Crippen LogP contribution >= 0.6 is 11.6 Å². The minimum absolute atomic E-state index is 0.0445. The van der Waals surface area contributed by atoms with E-state index in [1.54, 1.807) is 6.07 Å². The summed E-state index contributed by atoms with van der Waals surface area (Å²) < 4.78 is 14.9. The van der Waals surface area contributed by atoms with Gasteiger partial charge in [0, 0.05) is 19.4 Å². The number of hydrogen-bond acceptors (Lipinski definition) is 0. The van der Waals surface area contributed by atoms with E-state index < -0.39 is 0 Å². The Hall–Kier alpha value is -1.90. The van der Waals surface area contributed by atoms with E-state index in [1.165, 1.54) is 43.8 Å². The third-order valence-corrected chi connectivity index (χ3v) is 10.1. The lowest BCUT2D eigenvalue weighted by Crippen LogP contribution is -2.21. The first-order valence-electron chi connectivity index (χ1n) is 11.6. The molecule has 0 nitrogen and oxygen atoms in total. The summed E-state index contributed by atoms with van der Waals surface area (Å²) in [7, 11) is -0.0445. The summed E-state index contributed by atoms with van der Waals surface area (Å²) in [5.41, 5.74) is 4.94. The van der Waals surface area contributed by atoms with E-state index in [1.807, 2.05) is 54.6 Å². The first kappa shape index (κ1) is 22.3. The zero-order valence-electron chi connectivity index (χ0n) is 18.3. The van der Waals surface area contributed by atoms with Gasteiger partial charge in [-0.25, -0.2) is 4.39 Å². The Morgan fingerprint density at radius 3 is 2.10 bits per heavy atom. The average Bonchev–Trinajstić information content (AvgIpc) is 2.80. The summed E-state index contributed by atoms with van der Waals surface area (Å²) in [6, 6.07) is 26.2. The summed E-state index contributed by atoms with van der Waals surface area (Å²) in [6.07, 6.45) is 6.35. The van der Waals surface area contributed by atoms with Gasteiger partial charge in [-0.05, 0) is 59.2 Å². The van der Waals surface area contributed by atoms with E-state index in [9.17, 15) is 4.39 Å². The second kappa shape index (κ2) is 10.6. The van der Waals surface area contributed by atoms with E-state index in [0.717, 1.165) is 39.6 Å². The second-order valence-electron chi connectivity index (χ2n) is 8.88. The van der Waals surface area contributed by atoms with Crippen LogP contribution in [0.3, 0.4) is 0 Å². The van der Waals surface area contributed by atoms with Crippen molar-refractivity contribution in [2.75, 3.05) is 0 Å². The Bertz CT molecular complexity index is 973. The molecule has 3 aromatic rings. The molecule has 1 heterocycles. The van der Waals surface area contributed by atoms with Crippen molar-refractivity contribution < 1.29 is 4.39 Å². The van der Waals surface area contributed by atoms with Crippen molar-refractivity contribution in [1.29, 1.82) is 0 Å². The molecule has 0 aliphatic carbocycles. The van der Waals surface area contributed by atoms with Crippen LogP contribution in [-0.2, 0) is 6.42 Å². The van der Waals surface area contributed by atoms with Gasteiger partial charge in [0.2, 0.25) is 0 Å². The standard InChI is InChI=1S/C28H31ClFSi/c1-2-17-31-18-15-21(16-19-31)3-4-22-5-14-27(28(30)20-22)25-8-6-23(7-9-25)24-10-12-26(29)13-11-24/h5-14,20-21H,2-4,15-19H2,1H3. The summed E-state index contributed by atoms with van der Waals surface area (Å²) in [5, 5.41) is 0.730. The SMILES string of the molecule is CCC[Si]1CCC(CCc2ccc(-c3ccc(-c4ccc(Cl)cc4)cc3)c(F)c2)CC1. The maximum Gasteiger partial charge on any atom is 0.131 e. The van der Waals surface area contributed by atoms with Crippen LogP contribution in [0.1, 0.15) is 38.2 Å². The molecule has 31 heavy (non-hydrogen) atoms. The minimum atomic E-state index is -0.117. The highest BCUT2D eigenvalue weighted by molar-refractivity contribution is 6.58. The number of aryl methyl sites for hydroxylation is 1. The molecule has 3 heteroatoms. The molecular weight excluding hydrogens is 419 g/mol. The molecule has 0 unspecified atom stereocenters. The van der Waals surface area contributed by atoms with E-state index >= 15 is 0 Å². The predicted octanol–water partition coefficient (Wildman–Crippen LogP) is 9.06. The van der Waals surface area contributed by atoms with Gasteiger partial charge in [0.15, 0.2) is 0 Å². The fraction of sp³-hybridized carbons (Fsp3) is 0.357. The van der Waals surface area contributed by atoms with Crippen molar-refractivity contribution in [2.24, 2.45) is 5.92 Å². The highest BCUT2D eigenvalue weighted by atomic mass is 35.5. The molecule has 4 rings (SSSR count). The Kier molecular flexibility index (Phi) is 7.63. The molecule has 1 saturated heterocycles. The molecule has 1 fully saturated rings. The largest absolute Gasteiger partial charge is 0.206 e. The van der Waals surface area contributed by atoms with E-state index in [4.69, 9.17) is 11.6 Å². The quantitative estimate of drug-likeness (QED) is 0.315. The van der Waals surface area contributed by atoms with Crippen molar-refractivity contribution in [1.82, 2.24) is 0 Å². The molecular formula is C28H31ClFSi.